The molecule has 3 aliphatic rings. The smallest absolute Gasteiger partial charge is 0.300 e. The monoisotopic (exact) mass is 1390 g/mol. The largest absolute Gasteiger partial charge is 0.481 e. The van der Waals surface area contributed by atoms with Gasteiger partial charge in [0.05, 0.1) is 13.0 Å². The molecule has 0 aliphatic carbocycles. The van der Waals surface area contributed by atoms with Gasteiger partial charge < -0.3 is 102 Å². The third kappa shape index (κ3) is 31.5. The van der Waals surface area contributed by atoms with E-state index in [-0.39, 0.29) is 109 Å². The number of carbonyl (C=O) groups excluding carboxylic acids is 13. The Balaban J connectivity index is 0.00000793. The van der Waals surface area contributed by atoms with Gasteiger partial charge in [-0.3, -0.25) is 77.1 Å². The van der Waals surface area contributed by atoms with Crippen LogP contribution in [0.4, 0.5) is 0 Å². The second-order valence-electron chi connectivity index (χ2n) is 25.4. The number of carbonyl (C=O) groups is 14. The fourth-order valence-corrected chi connectivity index (χ4v) is 11.7. The maximum atomic E-state index is 14.6. The van der Waals surface area contributed by atoms with Crippen molar-refractivity contribution >= 4 is 94.7 Å². The van der Waals surface area contributed by atoms with Gasteiger partial charge >= 0.3 is 0 Å². The van der Waals surface area contributed by atoms with Crippen molar-refractivity contribution < 1.29 is 77.3 Å². The van der Waals surface area contributed by atoms with Gasteiger partial charge in [-0.25, -0.2) is 0 Å². The first-order chi connectivity index (χ1) is 46.3. The molecule has 35 heteroatoms. The third-order valence-corrected chi connectivity index (χ3v) is 16.8. The van der Waals surface area contributed by atoms with Gasteiger partial charge in [-0.05, 0) is 89.9 Å². The van der Waals surface area contributed by atoms with E-state index in [9.17, 15) is 67.4 Å². The van der Waals surface area contributed by atoms with Crippen LogP contribution in [-0.2, 0) is 67.1 Å². The van der Waals surface area contributed by atoms with Crippen LogP contribution in [0, 0.1) is 5.92 Å². The molecule has 0 unspecified atom stereocenters. The molecule has 3 saturated heterocycles. The highest BCUT2D eigenvalue weighted by Gasteiger charge is 2.43. The number of aliphatic hydroxyl groups excluding tert-OH is 1. The highest BCUT2D eigenvalue weighted by Crippen LogP contribution is 2.24. The normalized spacial score (nSPS) is 17.7. The van der Waals surface area contributed by atoms with Crippen molar-refractivity contribution in [3.8, 4) is 0 Å². The number of likely N-dealkylation sites (tertiary alicyclic amines) is 3. The minimum atomic E-state index is -1.72. The number of nitrogens with zero attached hydrogens (tertiary/aromatic N) is 5. The lowest BCUT2D eigenvalue weighted by molar-refractivity contribution is -0.144. The molecule has 0 aromatic heterocycles. The molecule has 3 fully saturated rings. The molecule has 3 rings (SSSR count). The molecule has 3 heterocycles. The van der Waals surface area contributed by atoms with Gasteiger partial charge in [0.2, 0.25) is 76.8 Å². The van der Waals surface area contributed by atoms with Crippen molar-refractivity contribution in [2.75, 3.05) is 39.3 Å². The summed E-state index contributed by atoms with van der Waals surface area (Å²) in [6.45, 7) is 7.26. The first kappa shape index (κ1) is 85.2. The number of nitrogens with one attached hydrogen (secondary N) is 7. The number of hydrogen-bond donors (Lipinski definition) is 16. The van der Waals surface area contributed by atoms with Gasteiger partial charge in [-0.2, -0.15) is 0 Å². The average molecular weight is 1390 g/mol. The number of hydrogen-bond acceptors (Lipinski definition) is 17. The molecule has 0 bridgehead atoms. The Labute approximate surface area is 573 Å². The Morgan fingerprint density at radius 3 is 1.35 bits per heavy atom. The molecule has 0 saturated carbocycles. The number of primary amides is 3. The van der Waals surface area contributed by atoms with E-state index in [0.29, 0.717) is 25.7 Å². The number of rotatable bonds is 44. The van der Waals surface area contributed by atoms with Crippen LogP contribution in [0.2, 0.25) is 0 Å². The van der Waals surface area contributed by atoms with E-state index < -0.39 is 162 Å². The van der Waals surface area contributed by atoms with E-state index in [1.54, 1.807) is 13.8 Å². The summed E-state index contributed by atoms with van der Waals surface area (Å²) >= 11 is 0. The fourth-order valence-electron chi connectivity index (χ4n) is 11.7. The zero-order valence-electron chi connectivity index (χ0n) is 57.7. The lowest BCUT2D eigenvalue weighted by Gasteiger charge is -2.32. The molecule has 35 nitrogen and oxygen atoms in total. The van der Waals surface area contributed by atoms with E-state index >= 15 is 0 Å². The van der Waals surface area contributed by atoms with Crippen LogP contribution in [0.1, 0.15) is 195 Å². The summed E-state index contributed by atoms with van der Waals surface area (Å²) in [6.07, 6.45) is 12.5. The first-order valence-electron chi connectivity index (χ1n) is 34.1. The summed E-state index contributed by atoms with van der Waals surface area (Å²) in [5.74, 6) is -12.2. The van der Waals surface area contributed by atoms with Crippen LogP contribution in [-0.4, -0.2) is 219 Å². The maximum Gasteiger partial charge on any atom is 0.300 e. The van der Waals surface area contributed by atoms with E-state index in [1.807, 2.05) is 0 Å². The molecule has 10 atom stereocenters. The summed E-state index contributed by atoms with van der Waals surface area (Å²) in [4.78, 5) is 197. The second-order valence-corrected chi connectivity index (χ2v) is 25.4. The zero-order valence-corrected chi connectivity index (χ0v) is 57.7. The lowest BCUT2D eigenvalue weighted by Crippen LogP contribution is -2.61. The second kappa shape index (κ2) is 45.6. The number of nitrogens with two attached hydrogens (primary N) is 7. The van der Waals surface area contributed by atoms with Crippen LogP contribution < -0.4 is 77.4 Å². The predicted molar refractivity (Wildman–Crippen MR) is 361 cm³/mol. The van der Waals surface area contributed by atoms with Crippen LogP contribution in [0.3, 0.4) is 0 Å². The standard InChI is InChI=1S/C61H107N19O14.C2H4O2/c1-5-6-7-8-9-10-11-12-13-14-15-26-48(84)72-39(27-28-46(62)82)52(87)77-49(36(2)3)59(94)80-33-20-25-45(80)56(91)76-42(35-81)54(89)74-40(22-17-30-70-61(67)68)58(93)79-32-19-24-44(79)55(90)75-41(34-47(63)83)53(88)73-38(21-16-29-69-60(65)66)51(86)71-37(4)57(92)78-31-18-23-43(78)50(64)85;1-2(3)4/h36-45,49,81H,5-35H2,1-4H3,(H2,62,82)(H2,63,83)(H2,64,85)(H,71,86)(H,72,84)(H,73,88)(H,74,89)(H,75,90)(H,76,91)(H,77,87)(H4,65,66,69)(H4,67,68,70);1H3,(H,3,4)/t37-,38-,39-,40-,41-,42-,43-,44-,45-,49-;/m0./s1. The van der Waals surface area contributed by atoms with Crippen LogP contribution in [0.25, 0.3) is 0 Å². The minimum Gasteiger partial charge on any atom is -0.481 e. The van der Waals surface area contributed by atoms with E-state index in [2.05, 4.69) is 54.1 Å². The summed E-state index contributed by atoms with van der Waals surface area (Å²) in [7, 11) is 0. The molecule has 0 radical (unpaired) electrons. The molecular weight excluding hydrogens is 1280 g/mol. The highest BCUT2D eigenvalue weighted by atomic mass is 16.4. The molecule has 98 heavy (non-hydrogen) atoms. The number of carboxylic acids is 1. The SMILES string of the molecule is CC(=O)O.CCCCCCCCCCCCCC(=O)N[C@@H](CCC(N)=O)C(=O)N[C@H](C(=O)N1CCC[C@H]1C(=O)N[C@@H](CO)C(=O)N[C@@H](CCCN=C(N)N)C(=O)N1CCC[C@H]1C(=O)N[C@@H](CC(N)=O)C(=O)N[C@@H](CCCN=C(N)N)C(=O)N[C@@H](C)C(=O)N1CCC[C@H]1C(N)=O)C(C)C. The number of amides is 13. The lowest BCUT2D eigenvalue weighted by atomic mass is 10.0. The summed E-state index contributed by atoms with van der Waals surface area (Å²) in [5.41, 5.74) is 38.5. The molecule has 0 aromatic carbocycles. The van der Waals surface area contributed by atoms with Crippen LogP contribution in [0.5, 0.6) is 0 Å². The topological polar surface area (TPSA) is 580 Å². The number of aliphatic hydroxyl groups is 1. The number of aliphatic carboxylic acids is 1. The Morgan fingerprint density at radius 2 is 0.878 bits per heavy atom. The van der Waals surface area contributed by atoms with E-state index in [1.165, 1.54) is 55.2 Å². The molecule has 23 N–H and O–H groups in total. The van der Waals surface area contributed by atoms with Gasteiger partial charge in [-0.1, -0.05) is 85.0 Å². The van der Waals surface area contributed by atoms with Gasteiger partial charge in [0.1, 0.15) is 60.4 Å². The van der Waals surface area contributed by atoms with Crippen LogP contribution >= 0.6 is 0 Å². The Kier molecular flexibility index (Phi) is 39.6. The number of aliphatic imine (C=N–C) groups is 2. The average Bonchev–Trinajstić information content (AvgIpc) is 1.60. The van der Waals surface area contributed by atoms with Gasteiger partial charge in [0, 0.05) is 52.5 Å². The summed E-state index contributed by atoms with van der Waals surface area (Å²) < 4.78 is 0. The van der Waals surface area contributed by atoms with Gasteiger partial charge in [-0.15, -0.1) is 0 Å². The molecular formula is C63H111N19O16. The van der Waals surface area contributed by atoms with Crippen molar-refractivity contribution in [1.29, 1.82) is 0 Å². The Bertz CT molecular complexity index is 2740. The van der Waals surface area contributed by atoms with Crippen molar-refractivity contribution in [1.82, 2.24) is 51.9 Å². The Morgan fingerprint density at radius 1 is 0.459 bits per heavy atom. The predicted octanol–water partition coefficient (Wildman–Crippen LogP) is -3.45. The molecule has 3 aliphatic heterocycles. The van der Waals surface area contributed by atoms with Gasteiger partial charge in [0.25, 0.3) is 5.97 Å². The summed E-state index contributed by atoms with van der Waals surface area (Å²) in [5, 5.41) is 36.0. The maximum absolute atomic E-state index is 14.6. The summed E-state index contributed by atoms with van der Waals surface area (Å²) in [6, 6.07) is -13.3. The van der Waals surface area contributed by atoms with Crippen molar-refractivity contribution in [3.63, 3.8) is 0 Å². The molecule has 13 amide bonds. The molecule has 0 aromatic rings. The minimum absolute atomic E-state index is 0.0150. The van der Waals surface area contributed by atoms with Crippen molar-refractivity contribution in [2.45, 2.75) is 256 Å². The number of unbranched alkanes of at least 4 members (excludes halogenated alkanes) is 10. The van der Waals surface area contributed by atoms with Crippen molar-refractivity contribution in [3.05, 3.63) is 0 Å². The third-order valence-electron chi connectivity index (χ3n) is 16.8. The number of carboxylic acid groups (broad SMARTS) is 1. The fraction of sp³-hybridized carbons (Fsp3) is 0.746. The zero-order chi connectivity index (χ0) is 73.6. The van der Waals surface area contributed by atoms with Crippen LogP contribution in [0.15, 0.2) is 9.98 Å². The Hall–Kier alpha value is -8.92. The highest BCUT2D eigenvalue weighted by molar-refractivity contribution is 6.00. The molecule has 554 valence electrons. The first-order valence-corrected chi connectivity index (χ1v) is 34.1. The number of guanidine groups is 2. The quantitative estimate of drug-likeness (QED) is 0.0160. The van der Waals surface area contributed by atoms with E-state index in [4.69, 9.17) is 50.0 Å². The van der Waals surface area contributed by atoms with Crippen molar-refractivity contribution in [2.24, 2.45) is 56.0 Å². The van der Waals surface area contributed by atoms with E-state index in [0.717, 1.165) is 37.5 Å². The molecule has 0 spiro atoms. The van der Waals surface area contributed by atoms with Gasteiger partial charge in [0.15, 0.2) is 11.9 Å².